The number of aryl methyl sites for hydroxylation is 1. The molecule has 0 bridgehead atoms. The summed E-state index contributed by atoms with van der Waals surface area (Å²) in [5.41, 5.74) is 2.54. The van der Waals surface area contributed by atoms with Crippen LogP contribution in [0.1, 0.15) is 31.7 Å². The van der Waals surface area contributed by atoms with Crippen LogP contribution in [0, 0.1) is 11.6 Å². The Balaban J connectivity index is 1.25. The summed E-state index contributed by atoms with van der Waals surface area (Å²) in [6.07, 6.45) is 6.45. The summed E-state index contributed by atoms with van der Waals surface area (Å²) in [5, 5.41) is 3.05. The minimum atomic E-state index is -0.534. The normalized spacial score (nSPS) is 17.9. The van der Waals surface area contributed by atoms with E-state index in [1.54, 1.807) is 18.5 Å². The van der Waals surface area contributed by atoms with Crippen LogP contribution in [0.25, 0.3) is 22.2 Å². The van der Waals surface area contributed by atoms with E-state index in [-0.39, 0.29) is 11.1 Å². The number of aromatic nitrogens is 5. The lowest BCUT2D eigenvalue weighted by atomic mass is 10.0. The molecule has 1 N–H and O–H groups in total. The summed E-state index contributed by atoms with van der Waals surface area (Å²) in [4.78, 5) is 22.2. The molecule has 37 heavy (non-hydrogen) atoms. The number of nitrogens with one attached hydrogen (secondary N) is 1. The summed E-state index contributed by atoms with van der Waals surface area (Å²) in [6, 6.07) is 4.71. The summed E-state index contributed by atoms with van der Waals surface area (Å²) >= 11 is 0. The molecule has 1 aromatic carbocycles. The number of hydrogen-bond acceptors (Lipinski definition) is 7. The lowest BCUT2D eigenvalue weighted by Crippen LogP contribution is -2.43. The van der Waals surface area contributed by atoms with Crippen molar-refractivity contribution in [2.75, 3.05) is 38.5 Å². The molecule has 8 nitrogen and oxygen atoms in total. The maximum absolute atomic E-state index is 15.1. The Morgan fingerprint density at radius 1 is 0.946 bits per heavy atom. The number of anilines is 2. The maximum Gasteiger partial charge on any atom is 0.228 e. The van der Waals surface area contributed by atoms with Crippen molar-refractivity contribution in [1.82, 2.24) is 34.3 Å². The van der Waals surface area contributed by atoms with Crippen molar-refractivity contribution in [2.24, 2.45) is 0 Å². The van der Waals surface area contributed by atoms with Gasteiger partial charge in [0.05, 0.1) is 11.7 Å². The fourth-order valence-electron chi connectivity index (χ4n) is 5.32. The number of imidazole rings is 1. The quantitative estimate of drug-likeness (QED) is 0.433. The minimum Gasteiger partial charge on any atom is -0.322 e. The Morgan fingerprint density at radius 2 is 1.70 bits per heavy atom. The van der Waals surface area contributed by atoms with Crippen LogP contribution >= 0.6 is 0 Å². The second-order valence-corrected chi connectivity index (χ2v) is 10.7. The molecule has 0 saturated carbocycles. The van der Waals surface area contributed by atoms with Gasteiger partial charge < -0.3 is 14.8 Å². The van der Waals surface area contributed by atoms with Crippen molar-refractivity contribution in [3.8, 4) is 11.1 Å². The van der Waals surface area contributed by atoms with E-state index < -0.39 is 11.6 Å². The molecule has 2 aliphatic rings. The van der Waals surface area contributed by atoms with Gasteiger partial charge in [-0.1, -0.05) is 0 Å². The number of benzene rings is 1. The molecular weight excluding hydrogens is 474 g/mol. The van der Waals surface area contributed by atoms with Crippen LogP contribution in [0.15, 0.2) is 36.8 Å². The highest BCUT2D eigenvalue weighted by Gasteiger charge is 2.33. The molecule has 1 fully saturated rings. The van der Waals surface area contributed by atoms with Gasteiger partial charge >= 0.3 is 0 Å². The van der Waals surface area contributed by atoms with E-state index in [1.807, 2.05) is 6.07 Å². The molecule has 2 aliphatic heterocycles. The number of piperazine rings is 1. The van der Waals surface area contributed by atoms with Gasteiger partial charge in [0.25, 0.3) is 0 Å². The van der Waals surface area contributed by atoms with Crippen LogP contribution in [0.5, 0.6) is 0 Å². The van der Waals surface area contributed by atoms with Crippen LogP contribution in [0.4, 0.5) is 20.5 Å². The number of halogens is 2. The first-order valence-electron chi connectivity index (χ1n) is 12.6. The van der Waals surface area contributed by atoms with Gasteiger partial charge in [0, 0.05) is 68.2 Å². The van der Waals surface area contributed by atoms with Crippen LogP contribution in [0.3, 0.4) is 0 Å². The highest BCUT2D eigenvalue weighted by molar-refractivity contribution is 5.84. The molecule has 0 spiro atoms. The second kappa shape index (κ2) is 9.11. The van der Waals surface area contributed by atoms with Crippen molar-refractivity contribution in [3.05, 3.63) is 59.8 Å². The van der Waals surface area contributed by atoms with E-state index in [9.17, 15) is 4.39 Å². The Kier molecular flexibility index (Phi) is 5.88. The Bertz CT molecular complexity index is 1460. The molecule has 6 rings (SSSR count). The predicted octanol–water partition coefficient (Wildman–Crippen LogP) is 4.34. The van der Waals surface area contributed by atoms with Gasteiger partial charge in [-0.3, -0.25) is 4.90 Å². The third-order valence-corrected chi connectivity index (χ3v) is 7.46. The van der Waals surface area contributed by atoms with E-state index >= 15 is 4.39 Å². The van der Waals surface area contributed by atoms with E-state index in [4.69, 9.17) is 0 Å². The molecule has 5 heterocycles. The fourth-order valence-corrected chi connectivity index (χ4v) is 5.32. The highest BCUT2D eigenvalue weighted by Crippen LogP contribution is 2.38. The molecule has 4 aromatic rings. The Hall–Kier alpha value is -3.50. The molecule has 192 valence electrons. The van der Waals surface area contributed by atoms with E-state index in [0.717, 1.165) is 63.2 Å². The zero-order chi connectivity index (χ0) is 25.7. The van der Waals surface area contributed by atoms with Gasteiger partial charge in [-0.05, 0) is 51.1 Å². The largest absolute Gasteiger partial charge is 0.322 e. The van der Waals surface area contributed by atoms with E-state index in [0.29, 0.717) is 28.4 Å². The van der Waals surface area contributed by atoms with E-state index in [2.05, 4.69) is 60.5 Å². The van der Waals surface area contributed by atoms with Crippen LogP contribution in [-0.2, 0) is 18.5 Å². The summed E-state index contributed by atoms with van der Waals surface area (Å²) in [7, 11) is 2.13. The van der Waals surface area contributed by atoms with Crippen LogP contribution in [0.2, 0.25) is 0 Å². The second-order valence-electron chi connectivity index (χ2n) is 10.7. The molecule has 1 saturated heterocycles. The van der Waals surface area contributed by atoms with Crippen LogP contribution < -0.4 is 5.32 Å². The monoisotopic (exact) mass is 504 g/mol. The summed E-state index contributed by atoms with van der Waals surface area (Å²) < 4.78 is 32.1. The zero-order valence-corrected chi connectivity index (χ0v) is 21.3. The van der Waals surface area contributed by atoms with Gasteiger partial charge in [0.1, 0.15) is 23.0 Å². The number of fused-ring (bicyclic) bond motifs is 3. The van der Waals surface area contributed by atoms with Crippen molar-refractivity contribution < 1.29 is 8.78 Å². The highest BCUT2D eigenvalue weighted by atomic mass is 19.1. The standard InChI is InChI=1S/C27H30F2N8/c1-27(2)5-4-24-34-25-20(28)10-18(11-22(25)37(24)27)19-12-23(30-15-21(19)29)33-26-31-13-17(14-32-26)16-36-8-6-35(3)7-9-36/h10-15H,4-9,16H2,1-3H3,(H,30,31,32,33). The number of nitrogens with zero attached hydrogens (tertiary/aromatic N) is 7. The number of likely N-dealkylation sites (N-methyl/N-ethyl adjacent to an activating group) is 1. The third-order valence-electron chi connectivity index (χ3n) is 7.46. The van der Waals surface area contributed by atoms with Crippen molar-refractivity contribution >= 4 is 22.8 Å². The van der Waals surface area contributed by atoms with Gasteiger partial charge in [-0.15, -0.1) is 0 Å². The number of rotatable bonds is 5. The first-order chi connectivity index (χ1) is 17.8. The summed E-state index contributed by atoms with van der Waals surface area (Å²) in [6.45, 7) is 9.17. The Morgan fingerprint density at radius 3 is 2.46 bits per heavy atom. The van der Waals surface area contributed by atoms with Crippen molar-refractivity contribution in [2.45, 2.75) is 38.8 Å². The fraction of sp³-hybridized carbons (Fsp3) is 0.407. The van der Waals surface area contributed by atoms with Crippen LogP contribution in [-0.4, -0.2) is 67.5 Å². The number of pyridine rings is 1. The zero-order valence-electron chi connectivity index (χ0n) is 21.3. The third kappa shape index (κ3) is 4.55. The predicted molar refractivity (Wildman–Crippen MR) is 139 cm³/mol. The molecule has 0 amide bonds. The Labute approximate surface area is 214 Å². The minimum absolute atomic E-state index is 0.174. The van der Waals surface area contributed by atoms with Gasteiger partial charge in [-0.2, -0.15) is 0 Å². The topological polar surface area (TPSA) is 75.0 Å². The number of hydrogen-bond donors (Lipinski definition) is 1. The maximum atomic E-state index is 15.1. The lowest BCUT2D eigenvalue weighted by molar-refractivity contribution is 0.148. The molecular formula is C27H30F2N8. The first kappa shape index (κ1) is 23.9. The van der Waals surface area contributed by atoms with Gasteiger partial charge in [0.15, 0.2) is 5.82 Å². The van der Waals surface area contributed by atoms with Crippen molar-refractivity contribution in [3.63, 3.8) is 0 Å². The smallest absolute Gasteiger partial charge is 0.228 e. The molecule has 0 radical (unpaired) electrons. The molecule has 0 atom stereocenters. The van der Waals surface area contributed by atoms with Crippen molar-refractivity contribution in [1.29, 1.82) is 0 Å². The van der Waals surface area contributed by atoms with Gasteiger partial charge in [0.2, 0.25) is 5.95 Å². The molecule has 0 unspecified atom stereocenters. The SMILES string of the molecule is CN1CCN(Cc2cnc(Nc3cc(-c4cc(F)c5nc6n(c5c4)C(C)(C)CC6)c(F)cn3)nc2)CC1. The summed E-state index contributed by atoms with van der Waals surface area (Å²) in [5.74, 6) is 0.608. The average molecular weight is 505 g/mol. The molecule has 10 heteroatoms. The average Bonchev–Trinajstić information content (AvgIpc) is 3.40. The van der Waals surface area contributed by atoms with Gasteiger partial charge in [-0.25, -0.2) is 28.7 Å². The first-order valence-corrected chi connectivity index (χ1v) is 12.6. The lowest BCUT2D eigenvalue weighted by Gasteiger charge is -2.32. The molecule has 0 aliphatic carbocycles. The molecule has 3 aromatic heterocycles. The van der Waals surface area contributed by atoms with E-state index in [1.165, 1.54) is 6.07 Å².